The molecular formula is C44H82Cl2O4P2Pd. The van der Waals surface area contributed by atoms with Crippen molar-refractivity contribution in [3.63, 3.8) is 0 Å². The van der Waals surface area contributed by atoms with Gasteiger partial charge >= 0.3 is 35.0 Å². The zero-order valence-electron chi connectivity index (χ0n) is 37.1. The van der Waals surface area contributed by atoms with Crippen molar-refractivity contribution in [2.75, 3.05) is 0 Å². The summed E-state index contributed by atoms with van der Waals surface area (Å²) in [7, 11) is 9.41. The van der Waals surface area contributed by atoms with E-state index in [1.54, 1.807) is 0 Å². The molecule has 6 aliphatic rings. The normalized spacial score (nSPS) is 44.8. The van der Waals surface area contributed by atoms with Gasteiger partial charge < -0.3 is 18.9 Å². The molecule has 0 spiro atoms. The van der Waals surface area contributed by atoms with Crippen molar-refractivity contribution in [2.24, 2.45) is 46.3 Å². The summed E-state index contributed by atoms with van der Waals surface area (Å²) in [5, 5.41) is 0.813. The van der Waals surface area contributed by atoms with E-state index in [-0.39, 0.29) is 79.6 Å². The summed E-state index contributed by atoms with van der Waals surface area (Å²) < 4.78 is 25.4. The fraction of sp³-hybridized carbons (Fsp3) is 1.00. The summed E-state index contributed by atoms with van der Waals surface area (Å²) in [6.07, 6.45) is 9.47. The van der Waals surface area contributed by atoms with Gasteiger partial charge in [-0.2, -0.15) is 0 Å². The van der Waals surface area contributed by atoms with E-state index in [0.717, 1.165) is 46.8 Å². The third-order valence-electron chi connectivity index (χ3n) is 16.4. The number of halogens is 2. The van der Waals surface area contributed by atoms with Gasteiger partial charge in [-0.05, 0) is 121 Å². The van der Waals surface area contributed by atoms with Gasteiger partial charge in [-0.15, -0.1) is 0 Å². The van der Waals surface area contributed by atoms with Gasteiger partial charge in [-0.25, -0.2) is 0 Å². The summed E-state index contributed by atoms with van der Waals surface area (Å²) in [5.41, 5.74) is 3.50. The average molecular weight is 914 g/mol. The standard InChI is InChI=1S/2C22H41O2P.2ClH.Pd/c2*1-13(2)17-11-10-14(3)12-18(17)25-19(21(6,7)22(25,8)9)20-23-15(4)16(5)24-20;;;/h2*13-20H,10-12H2,1-9H3;2*1H;/q;;;;+2/p-2/t2*14-,15-,16-,17+,18-,19+,25+;;;/m11.../s1. The molecule has 0 aromatic carbocycles. The SMILES string of the molecule is CC(C)[C@@H]1CC[C@@H](C)C[C@H]1[P@@]1[C@@H](C2O[C@H](C)[C@@H](C)O2)C(C)(C)C1(C)C.CC(C)[C@@H]1CC[C@@H](C)C[C@H]1[P@@]1[C@@H](C2O[C@H](C)[C@@H](C)O2)C(C)(C)C1(C)C.[Cl][Pd][Cl]. The van der Waals surface area contributed by atoms with Crippen LogP contribution in [0.5, 0.6) is 0 Å². The minimum atomic E-state index is -0.108. The zero-order valence-corrected chi connectivity index (χ0v) is 41.9. The molecule has 0 radical (unpaired) electrons. The third-order valence-corrected chi connectivity index (χ3v) is 25.8. The number of ether oxygens (including phenoxy) is 4. The van der Waals surface area contributed by atoms with Gasteiger partial charge in [0.15, 0.2) is 12.6 Å². The van der Waals surface area contributed by atoms with Crippen molar-refractivity contribution in [3.05, 3.63) is 0 Å². The van der Waals surface area contributed by atoms with Crippen molar-refractivity contribution < 1.29 is 34.9 Å². The number of hydrogen-bond acceptors (Lipinski definition) is 4. The summed E-state index contributed by atoms with van der Waals surface area (Å²) in [6, 6.07) is 0. The van der Waals surface area contributed by atoms with Crippen molar-refractivity contribution in [1.29, 1.82) is 0 Å². The second-order valence-corrected chi connectivity index (χ2v) is 29.9. The molecule has 6 rings (SSSR count). The molecule has 0 amide bonds. The molecule has 53 heavy (non-hydrogen) atoms. The molecule has 4 nitrogen and oxygen atoms in total. The first-order chi connectivity index (χ1) is 24.4. The molecule has 9 heteroatoms. The summed E-state index contributed by atoms with van der Waals surface area (Å²) in [4.78, 5) is 0. The van der Waals surface area contributed by atoms with Crippen LogP contribution < -0.4 is 0 Å². The second kappa shape index (κ2) is 18.3. The molecule has 0 bridgehead atoms. The van der Waals surface area contributed by atoms with Crippen LogP contribution in [0.4, 0.5) is 0 Å². The third kappa shape index (κ3) is 9.18. The molecule has 0 unspecified atom stereocenters. The van der Waals surface area contributed by atoms with E-state index in [1.807, 2.05) is 0 Å². The minimum absolute atomic E-state index is 0.0178. The Bertz CT molecular complexity index is 1080. The maximum atomic E-state index is 6.34. The molecular weight excluding hydrogens is 832 g/mol. The van der Waals surface area contributed by atoms with Gasteiger partial charge in [0.1, 0.15) is 0 Å². The molecule has 0 N–H and O–H groups in total. The molecule has 0 aromatic rings. The van der Waals surface area contributed by atoms with Crippen LogP contribution in [0.2, 0.25) is 0 Å². The molecule has 4 aliphatic heterocycles. The van der Waals surface area contributed by atoms with E-state index in [2.05, 4.69) is 125 Å². The van der Waals surface area contributed by atoms with Gasteiger partial charge in [0.05, 0.1) is 24.4 Å². The van der Waals surface area contributed by atoms with Gasteiger partial charge in [-0.3, -0.25) is 0 Å². The molecule has 316 valence electrons. The molecule has 2 aliphatic carbocycles. The van der Waals surface area contributed by atoms with E-state index >= 15 is 0 Å². The topological polar surface area (TPSA) is 36.9 Å². The monoisotopic (exact) mass is 912 g/mol. The number of rotatable bonds is 6. The first kappa shape index (κ1) is 47.6. The van der Waals surface area contributed by atoms with E-state index in [0.29, 0.717) is 21.6 Å². The maximum absolute atomic E-state index is 6.34. The van der Waals surface area contributed by atoms with Crippen LogP contribution in [0.1, 0.15) is 163 Å². The van der Waals surface area contributed by atoms with Crippen molar-refractivity contribution in [2.45, 2.75) is 233 Å². The van der Waals surface area contributed by atoms with Crippen molar-refractivity contribution in [1.82, 2.24) is 0 Å². The number of hydrogen-bond donors (Lipinski definition) is 0. The Labute approximate surface area is 347 Å². The zero-order chi connectivity index (χ0) is 40.2. The van der Waals surface area contributed by atoms with Gasteiger partial charge in [0.2, 0.25) is 0 Å². The van der Waals surface area contributed by atoms with Crippen LogP contribution in [0.3, 0.4) is 0 Å². The first-order valence-corrected chi connectivity index (χ1v) is 28.4. The van der Waals surface area contributed by atoms with Crippen LogP contribution in [-0.4, -0.2) is 69.9 Å². The Morgan fingerprint density at radius 1 is 0.509 bits per heavy atom. The molecule has 4 heterocycles. The Hall–Kier alpha value is 1.94. The Balaban J connectivity index is 0.000000220. The summed E-state index contributed by atoms with van der Waals surface area (Å²) in [6.45, 7) is 43.4. The first-order valence-electron chi connectivity index (χ1n) is 21.4. The van der Waals surface area contributed by atoms with Crippen LogP contribution >= 0.6 is 34.9 Å². The Morgan fingerprint density at radius 3 is 1.02 bits per heavy atom. The van der Waals surface area contributed by atoms with Gasteiger partial charge in [0, 0.05) is 11.3 Å². The summed E-state index contributed by atoms with van der Waals surface area (Å²) in [5.74, 6) is 5.12. The van der Waals surface area contributed by atoms with E-state index in [9.17, 15) is 0 Å². The second-order valence-electron chi connectivity index (χ2n) is 21.2. The molecule has 6 fully saturated rings. The molecule has 0 aromatic heterocycles. The van der Waals surface area contributed by atoms with Gasteiger partial charge in [0.25, 0.3) is 0 Å². The van der Waals surface area contributed by atoms with E-state index in [1.165, 1.54) is 38.5 Å². The average Bonchev–Trinajstić information content (AvgIpc) is 3.55. The van der Waals surface area contributed by atoms with Crippen LogP contribution in [0, 0.1) is 46.3 Å². The fourth-order valence-corrected chi connectivity index (χ4v) is 22.3. The fourth-order valence-electron chi connectivity index (χ4n) is 11.4. The molecule has 4 saturated heterocycles. The van der Waals surface area contributed by atoms with Crippen LogP contribution in [-0.2, 0) is 34.9 Å². The van der Waals surface area contributed by atoms with E-state index in [4.69, 9.17) is 38.0 Å². The van der Waals surface area contributed by atoms with Crippen molar-refractivity contribution in [3.8, 4) is 0 Å². The van der Waals surface area contributed by atoms with Crippen molar-refractivity contribution >= 4 is 34.9 Å². The van der Waals surface area contributed by atoms with E-state index < -0.39 is 0 Å². The Morgan fingerprint density at radius 2 is 0.774 bits per heavy atom. The Kier molecular flexibility index (Phi) is 16.4. The van der Waals surface area contributed by atoms with Crippen LogP contribution in [0.15, 0.2) is 0 Å². The predicted molar refractivity (Wildman–Crippen MR) is 229 cm³/mol. The predicted octanol–water partition coefficient (Wildman–Crippen LogP) is 13.9. The van der Waals surface area contributed by atoms with Gasteiger partial charge in [-0.1, -0.05) is 126 Å². The van der Waals surface area contributed by atoms with Crippen LogP contribution in [0.25, 0.3) is 0 Å². The molecule has 14 atom stereocenters. The molecule has 2 saturated carbocycles. The summed E-state index contributed by atoms with van der Waals surface area (Å²) >= 11 is -0.106. The quantitative estimate of drug-likeness (QED) is 0.197.